The fourth-order valence-electron chi connectivity index (χ4n) is 3.41. The van der Waals surface area contributed by atoms with E-state index in [0.717, 1.165) is 0 Å². The summed E-state index contributed by atoms with van der Waals surface area (Å²) in [6, 6.07) is 26.3. The number of hydrogen-bond donors (Lipinski definition) is 1. The third-order valence-electron chi connectivity index (χ3n) is 4.49. The van der Waals surface area contributed by atoms with E-state index in [1.54, 1.807) is 0 Å². The van der Waals surface area contributed by atoms with Gasteiger partial charge in [0.15, 0.2) is 0 Å². The Hall–Kier alpha value is -1.71. The largest absolute Gasteiger partial charge is 1.00 e. The number of hydrogen-bond acceptors (Lipinski definition) is 1. The SMILES string of the molecule is [CH2]=[Ti+2]([NH]C(=O)c1ccccc1)[CH]1c2ccccc2-c2ccccc21.[Cl-].[Cl-]. The molecule has 3 aromatic rings. The molecule has 0 radical (unpaired) electrons. The van der Waals surface area contributed by atoms with Crippen LogP contribution in [0.25, 0.3) is 11.1 Å². The van der Waals surface area contributed by atoms with Crippen LogP contribution in [-0.2, 0) is 17.7 Å². The topological polar surface area (TPSA) is 29.1 Å². The zero-order valence-electron chi connectivity index (χ0n) is 14.0. The van der Waals surface area contributed by atoms with Crippen LogP contribution in [0.15, 0.2) is 78.9 Å². The van der Waals surface area contributed by atoms with E-state index in [4.69, 9.17) is 0 Å². The molecule has 0 saturated heterocycles. The number of carbonyl (C=O) groups is 1. The van der Waals surface area contributed by atoms with Crippen LogP contribution >= 0.6 is 0 Å². The molecular weight excluding hydrogens is 401 g/mol. The summed E-state index contributed by atoms with van der Waals surface area (Å²) in [4.78, 5) is 16.9. The van der Waals surface area contributed by atoms with Crippen LogP contribution in [0.5, 0.6) is 0 Å². The molecule has 1 aliphatic carbocycles. The Morgan fingerprint density at radius 2 is 1.23 bits per heavy atom. The molecular formula is C21H17Cl2NOTi. The molecule has 5 heteroatoms. The maximum atomic E-state index is 12.5. The number of amides is 1. The second-order valence-corrected chi connectivity index (χ2v) is 8.89. The van der Waals surface area contributed by atoms with Gasteiger partial charge in [0.2, 0.25) is 0 Å². The first-order chi connectivity index (χ1) is 11.8. The van der Waals surface area contributed by atoms with E-state index in [1.807, 2.05) is 30.3 Å². The fourth-order valence-corrected chi connectivity index (χ4v) is 6.28. The number of nitrogens with one attached hydrogen (secondary N) is 1. The van der Waals surface area contributed by atoms with E-state index in [-0.39, 0.29) is 34.9 Å². The molecule has 1 amide bonds. The summed E-state index contributed by atoms with van der Waals surface area (Å²) < 4.78 is 3.48. The van der Waals surface area contributed by atoms with Crippen molar-refractivity contribution in [3.63, 3.8) is 0 Å². The van der Waals surface area contributed by atoms with Crippen LogP contribution in [0, 0.1) is 0 Å². The van der Waals surface area contributed by atoms with Crippen molar-refractivity contribution in [1.29, 1.82) is 0 Å². The maximum absolute atomic E-state index is 12.5. The summed E-state index contributed by atoms with van der Waals surface area (Å²) in [6.07, 6.45) is 0. The molecule has 0 bridgehead atoms. The second-order valence-electron chi connectivity index (χ2n) is 5.95. The van der Waals surface area contributed by atoms with Crippen molar-refractivity contribution in [1.82, 2.24) is 3.80 Å². The van der Waals surface area contributed by atoms with Gasteiger partial charge in [-0.1, -0.05) is 0 Å². The van der Waals surface area contributed by atoms with Gasteiger partial charge in [-0.2, -0.15) is 0 Å². The average molecular weight is 418 g/mol. The minimum absolute atomic E-state index is 0. The molecule has 0 heterocycles. The monoisotopic (exact) mass is 417 g/mol. The summed E-state index contributed by atoms with van der Waals surface area (Å²) in [5.41, 5.74) is 5.86. The summed E-state index contributed by atoms with van der Waals surface area (Å²) in [7, 11) is 0. The van der Waals surface area contributed by atoms with Crippen molar-refractivity contribution in [3.05, 3.63) is 95.6 Å². The minimum atomic E-state index is -2.12. The number of halogens is 2. The average Bonchev–Trinajstić information content (AvgIpc) is 2.97. The Bertz CT molecular complexity index is 898. The quantitative estimate of drug-likeness (QED) is 0.498. The van der Waals surface area contributed by atoms with Gasteiger partial charge in [-0.05, 0) is 0 Å². The van der Waals surface area contributed by atoms with Crippen molar-refractivity contribution in [2.24, 2.45) is 0 Å². The van der Waals surface area contributed by atoms with E-state index in [9.17, 15) is 4.79 Å². The van der Waals surface area contributed by atoms with Gasteiger partial charge in [0.05, 0.1) is 0 Å². The Morgan fingerprint density at radius 3 is 1.77 bits per heavy atom. The Balaban J connectivity index is 0.00000121. The predicted molar refractivity (Wildman–Crippen MR) is 94.8 cm³/mol. The smallest absolute Gasteiger partial charge is 1.00 e. The molecule has 3 aromatic carbocycles. The van der Waals surface area contributed by atoms with E-state index >= 15 is 0 Å². The first-order valence-corrected chi connectivity index (χ1v) is 10.8. The zero-order chi connectivity index (χ0) is 16.5. The van der Waals surface area contributed by atoms with Gasteiger partial charge < -0.3 is 24.8 Å². The molecule has 130 valence electrons. The molecule has 0 atom stereocenters. The van der Waals surface area contributed by atoms with Gasteiger partial charge in [-0.15, -0.1) is 0 Å². The summed E-state index contributed by atoms with van der Waals surface area (Å²) >= 11 is -2.12. The fraction of sp³-hybridized carbons (Fsp3) is 0.0476. The molecule has 26 heavy (non-hydrogen) atoms. The number of fused-ring (bicyclic) bond motifs is 3. The molecule has 0 aliphatic heterocycles. The van der Waals surface area contributed by atoms with Crippen LogP contribution < -0.4 is 28.6 Å². The van der Waals surface area contributed by atoms with E-state index in [1.165, 1.54) is 22.3 Å². The molecule has 0 aromatic heterocycles. The van der Waals surface area contributed by atoms with E-state index in [0.29, 0.717) is 5.56 Å². The molecule has 0 saturated carbocycles. The van der Waals surface area contributed by atoms with Crippen LogP contribution in [0.1, 0.15) is 25.7 Å². The molecule has 0 fully saturated rings. The number of benzene rings is 3. The first-order valence-electron chi connectivity index (χ1n) is 7.99. The van der Waals surface area contributed by atoms with E-state index in [2.05, 4.69) is 57.1 Å². The van der Waals surface area contributed by atoms with Gasteiger partial charge in [0.1, 0.15) is 0 Å². The van der Waals surface area contributed by atoms with Crippen molar-refractivity contribution in [3.8, 4) is 11.1 Å². The van der Waals surface area contributed by atoms with Crippen molar-refractivity contribution >= 4 is 10.7 Å². The molecule has 1 N–H and O–H groups in total. The zero-order valence-corrected chi connectivity index (χ0v) is 17.0. The summed E-state index contributed by atoms with van der Waals surface area (Å²) in [6.45, 7) is 0. The first kappa shape index (κ1) is 20.6. The standard InChI is InChI=1S/C13H9.C7H7NO.CH2.2ClH.Ti/c1-3-7-12-10(5-1)9-11-6-2-4-8-13(11)12;8-7(9)6-4-2-1-3-5-6;;;;/h1-9H;1-5H,(H2,8,9);1H2;2*1H;/q;;;;;+3/p-3. The van der Waals surface area contributed by atoms with Crippen LogP contribution in [0.4, 0.5) is 0 Å². The third-order valence-corrected chi connectivity index (χ3v) is 7.41. The van der Waals surface area contributed by atoms with Crippen molar-refractivity contribution in [2.75, 3.05) is 0 Å². The molecule has 1 aliphatic rings. The Kier molecular flexibility index (Phi) is 6.97. The van der Waals surface area contributed by atoms with Crippen LogP contribution in [0.2, 0.25) is 0 Å². The van der Waals surface area contributed by atoms with Crippen LogP contribution in [0.3, 0.4) is 0 Å². The molecule has 0 unspecified atom stereocenters. The van der Waals surface area contributed by atoms with Gasteiger partial charge in [0, 0.05) is 0 Å². The molecule has 4 rings (SSSR count). The Labute approximate surface area is 172 Å². The number of rotatable bonds is 3. The van der Waals surface area contributed by atoms with E-state index < -0.39 is 17.7 Å². The molecule has 0 spiro atoms. The number of carbonyl (C=O) groups excluding carboxylic acids is 1. The maximum Gasteiger partial charge on any atom is -1.00 e. The summed E-state index contributed by atoms with van der Waals surface area (Å²) in [5.74, 6) is -0.0116. The minimum Gasteiger partial charge on any atom is -1.00 e. The van der Waals surface area contributed by atoms with Gasteiger partial charge in [0.25, 0.3) is 0 Å². The van der Waals surface area contributed by atoms with Crippen molar-refractivity contribution in [2.45, 2.75) is 4.22 Å². The van der Waals surface area contributed by atoms with Gasteiger partial charge >= 0.3 is 148 Å². The van der Waals surface area contributed by atoms with Crippen LogP contribution in [-0.4, -0.2) is 10.7 Å². The molecule has 2 nitrogen and oxygen atoms in total. The van der Waals surface area contributed by atoms with Crippen molar-refractivity contribution < 1.29 is 47.3 Å². The third kappa shape index (κ3) is 3.70. The summed E-state index contributed by atoms with van der Waals surface area (Å²) in [5, 5.41) is 0. The van der Waals surface area contributed by atoms with Gasteiger partial charge in [-0.25, -0.2) is 0 Å². The normalized spacial score (nSPS) is 11.0. The predicted octanol–water partition coefficient (Wildman–Crippen LogP) is -1.84. The second kappa shape index (κ2) is 8.79. The van der Waals surface area contributed by atoms with Gasteiger partial charge in [-0.3, -0.25) is 0 Å². The Morgan fingerprint density at radius 1 is 0.769 bits per heavy atom.